The molecule has 2 rings (SSSR count). The molecule has 1 aromatic carbocycles. The molecule has 0 amide bonds. The summed E-state index contributed by atoms with van der Waals surface area (Å²) in [6, 6.07) is 9.61. The number of rotatable bonds is 1. The van der Waals surface area contributed by atoms with Crippen LogP contribution in [0.15, 0.2) is 42.9 Å². The van der Waals surface area contributed by atoms with Crippen molar-refractivity contribution in [2.45, 2.75) is 0 Å². The minimum Gasteiger partial charge on any atom is -0.427 e. The van der Waals surface area contributed by atoms with Crippen LogP contribution in [0.3, 0.4) is 0 Å². The summed E-state index contributed by atoms with van der Waals surface area (Å²) in [6.45, 7) is 0. The molecule has 0 unspecified atom stereocenters. The van der Waals surface area contributed by atoms with Gasteiger partial charge >= 0.3 is 0 Å². The molecule has 0 fully saturated rings. The van der Waals surface area contributed by atoms with Gasteiger partial charge in [-0.25, -0.2) is 4.98 Å². The lowest BCUT2D eigenvalue weighted by molar-refractivity contribution is 0.190. The smallest absolute Gasteiger partial charge is 0.132 e. The Hall–Kier alpha value is -1.77. The lowest BCUT2D eigenvalue weighted by atomic mass is 10.2. The number of aromatic nitrogens is 2. The number of hydrogen-bond acceptors (Lipinski definition) is 2. The van der Waals surface area contributed by atoms with Crippen LogP contribution in [0.4, 0.5) is 0 Å². The van der Waals surface area contributed by atoms with Crippen molar-refractivity contribution in [3.05, 3.63) is 42.9 Å². The molecule has 0 radical (unpaired) electrons. The number of nitrogens with zero attached hydrogens (tertiary/aromatic N) is 2. The highest BCUT2D eigenvalue weighted by Crippen LogP contribution is 2.16. The van der Waals surface area contributed by atoms with E-state index in [0.29, 0.717) is 5.69 Å². The molecule has 3 heteroatoms. The molecule has 3 nitrogen and oxygen atoms in total. The molecule has 0 atom stereocenters. The van der Waals surface area contributed by atoms with Gasteiger partial charge in [-0.05, 0) is 0 Å². The van der Waals surface area contributed by atoms with E-state index in [-0.39, 0.29) is 0 Å². The average Bonchev–Trinajstić information content (AvgIpc) is 2.53. The van der Waals surface area contributed by atoms with Gasteiger partial charge in [0.2, 0.25) is 0 Å². The first-order valence-corrected chi connectivity index (χ1v) is 3.65. The van der Waals surface area contributed by atoms with E-state index < -0.39 is 0 Å². The Labute approximate surface area is 69.9 Å². The van der Waals surface area contributed by atoms with Crippen LogP contribution in [0, 0.1) is 0 Å². The Kier molecular flexibility index (Phi) is 1.55. The third-order valence-corrected chi connectivity index (χ3v) is 1.69. The van der Waals surface area contributed by atoms with Gasteiger partial charge in [-0.2, -0.15) is 4.73 Å². The van der Waals surface area contributed by atoms with Crippen molar-refractivity contribution in [2.75, 3.05) is 0 Å². The van der Waals surface area contributed by atoms with Crippen molar-refractivity contribution in [3.8, 4) is 11.3 Å². The molecule has 0 aliphatic heterocycles. The lowest BCUT2D eigenvalue weighted by Crippen LogP contribution is -1.89. The van der Waals surface area contributed by atoms with Gasteiger partial charge < -0.3 is 5.21 Å². The highest BCUT2D eigenvalue weighted by atomic mass is 16.5. The Morgan fingerprint density at radius 3 is 2.50 bits per heavy atom. The van der Waals surface area contributed by atoms with Gasteiger partial charge in [0, 0.05) is 5.56 Å². The van der Waals surface area contributed by atoms with Gasteiger partial charge in [-0.1, -0.05) is 30.3 Å². The van der Waals surface area contributed by atoms with Crippen LogP contribution in [-0.4, -0.2) is 14.9 Å². The highest BCUT2D eigenvalue weighted by Gasteiger charge is 2.01. The third-order valence-electron chi connectivity index (χ3n) is 1.69. The summed E-state index contributed by atoms with van der Waals surface area (Å²) >= 11 is 0. The van der Waals surface area contributed by atoms with Gasteiger partial charge in [0.15, 0.2) is 0 Å². The maximum absolute atomic E-state index is 9.26. The first-order chi connectivity index (χ1) is 5.88. The minimum atomic E-state index is 0.704. The summed E-state index contributed by atoms with van der Waals surface area (Å²) in [5, 5.41) is 9.26. The zero-order chi connectivity index (χ0) is 8.39. The standard InChI is InChI=1S/C9H8N2O/c12-11-7-10-6-9(11)8-4-2-1-3-5-8/h1-7,12H. The molecule has 12 heavy (non-hydrogen) atoms. The summed E-state index contributed by atoms with van der Waals surface area (Å²) < 4.78 is 1.01. The van der Waals surface area contributed by atoms with Crippen molar-refractivity contribution in [1.82, 2.24) is 9.71 Å². The molecular formula is C9H8N2O. The third kappa shape index (κ3) is 1.05. The van der Waals surface area contributed by atoms with E-state index in [9.17, 15) is 5.21 Å². The molecule has 0 saturated heterocycles. The largest absolute Gasteiger partial charge is 0.427 e. The molecule has 0 bridgehead atoms. The zero-order valence-electron chi connectivity index (χ0n) is 6.38. The molecule has 60 valence electrons. The second-order valence-electron chi connectivity index (χ2n) is 2.49. The van der Waals surface area contributed by atoms with Crippen LogP contribution in [-0.2, 0) is 0 Å². The predicted molar refractivity (Wildman–Crippen MR) is 44.8 cm³/mol. The van der Waals surface area contributed by atoms with Crippen LogP contribution in [0.2, 0.25) is 0 Å². The summed E-state index contributed by atoms with van der Waals surface area (Å²) in [6.07, 6.45) is 2.98. The Morgan fingerprint density at radius 1 is 1.17 bits per heavy atom. The van der Waals surface area contributed by atoms with Crippen LogP contribution in [0.1, 0.15) is 0 Å². The predicted octanol–water partition coefficient (Wildman–Crippen LogP) is 1.79. The second kappa shape index (κ2) is 2.70. The molecule has 0 saturated carbocycles. The van der Waals surface area contributed by atoms with Crippen LogP contribution in [0.25, 0.3) is 11.3 Å². The van der Waals surface area contributed by atoms with Crippen LogP contribution < -0.4 is 0 Å². The number of hydrogen-bond donors (Lipinski definition) is 1. The normalized spacial score (nSPS) is 10.0. The first-order valence-electron chi connectivity index (χ1n) is 3.65. The van der Waals surface area contributed by atoms with Gasteiger partial charge in [0.05, 0.1) is 6.20 Å². The van der Waals surface area contributed by atoms with E-state index in [1.165, 1.54) is 6.33 Å². The molecule has 1 N–H and O–H groups in total. The molecule has 1 heterocycles. The van der Waals surface area contributed by atoms with E-state index in [2.05, 4.69) is 4.98 Å². The van der Waals surface area contributed by atoms with Crippen molar-refractivity contribution in [3.63, 3.8) is 0 Å². The lowest BCUT2D eigenvalue weighted by Gasteiger charge is -1.98. The fourth-order valence-electron chi connectivity index (χ4n) is 1.10. The number of imidazole rings is 1. The highest BCUT2D eigenvalue weighted by molar-refractivity contribution is 5.57. The maximum atomic E-state index is 9.26. The quantitative estimate of drug-likeness (QED) is 0.646. The van der Waals surface area contributed by atoms with E-state index >= 15 is 0 Å². The average molecular weight is 160 g/mol. The van der Waals surface area contributed by atoms with Crippen molar-refractivity contribution >= 4 is 0 Å². The van der Waals surface area contributed by atoms with E-state index in [4.69, 9.17) is 0 Å². The fourth-order valence-corrected chi connectivity index (χ4v) is 1.10. The fraction of sp³-hybridized carbons (Fsp3) is 0. The molecule has 2 aromatic rings. The minimum absolute atomic E-state index is 0.704. The van der Waals surface area contributed by atoms with Crippen LogP contribution >= 0.6 is 0 Å². The maximum Gasteiger partial charge on any atom is 0.132 e. The van der Waals surface area contributed by atoms with Crippen LogP contribution in [0.5, 0.6) is 0 Å². The van der Waals surface area contributed by atoms with E-state index in [1.807, 2.05) is 30.3 Å². The summed E-state index contributed by atoms with van der Waals surface area (Å²) in [5.74, 6) is 0. The van der Waals surface area contributed by atoms with Crippen molar-refractivity contribution in [1.29, 1.82) is 0 Å². The second-order valence-corrected chi connectivity index (χ2v) is 2.49. The molecule has 0 aliphatic carbocycles. The Bertz CT molecular complexity index is 367. The van der Waals surface area contributed by atoms with Gasteiger partial charge in [0.1, 0.15) is 12.0 Å². The van der Waals surface area contributed by atoms with Crippen molar-refractivity contribution < 1.29 is 5.21 Å². The summed E-state index contributed by atoms with van der Waals surface area (Å²) in [4.78, 5) is 3.81. The SMILES string of the molecule is On1cncc1-c1ccccc1. The monoisotopic (exact) mass is 160 g/mol. The zero-order valence-corrected chi connectivity index (χ0v) is 6.38. The van der Waals surface area contributed by atoms with Crippen molar-refractivity contribution in [2.24, 2.45) is 0 Å². The Morgan fingerprint density at radius 2 is 1.92 bits per heavy atom. The van der Waals surface area contributed by atoms with E-state index in [1.54, 1.807) is 6.20 Å². The van der Waals surface area contributed by atoms with Gasteiger partial charge in [0.25, 0.3) is 0 Å². The molecule has 0 spiro atoms. The van der Waals surface area contributed by atoms with E-state index in [0.717, 1.165) is 10.3 Å². The summed E-state index contributed by atoms with van der Waals surface area (Å²) in [7, 11) is 0. The number of benzene rings is 1. The summed E-state index contributed by atoms with van der Waals surface area (Å²) in [5.41, 5.74) is 1.66. The first kappa shape index (κ1) is 6.91. The van der Waals surface area contributed by atoms with Gasteiger partial charge in [-0.3, -0.25) is 0 Å². The Balaban J connectivity index is 2.51. The molecule has 1 aromatic heterocycles. The molecular weight excluding hydrogens is 152 g/mol. The van der Waals surface area contributed by atoms with Gasteiger partial charge in [-0.15, -0.1) is 0 Å². The topological polar surface area (TPSA) is 38.0 Å². The molecule has 0 aliphatic rings.